The molecule has 0 N–H and O–H groups in total. The van der Waals surface area contributed by atoms with Crippen LogP contribution < -0.4 is 0 Å². The molecule has 4 atom stereocenters. The van der Waals surface area contributed by atoms with Crippen LogP contribution in [0.5, 0.6) is 0 Å². The molecule has 0 bridgehead atoms. The molecule has 2 unspecified atom stereocenters. The molecule has 0 spiro atoms. The number of hydrazine groups is 2. The largest absolute Gasteiger partial charge is 0.343 e. The van der Waals surface area contributed by atoms with Gasteiger partial charge in [-0.25, -0.2) is 0 Å². The van der Waals surface area contributed by atoms with Crippen molar-refractivity contribution in [3.63, 3.8) is 0 Å². The number of hydrogen-bond donors (Lipinski definition) is 0. The minimum Gasteiger partial charge on any atom is -0.343 e. The van der Waals surface area contributed by atoms with Crippen molar-refractivity contribution in [2.75, 3.05) is 27.2 Å². The standard InChI is InChI=1S/C21H40N4O3/c1-11-16(3)15-17(4)25(18(5)26)23(10)24(12-2)14-13-22(9)19-20(27-19)28-21(6,7)8/h11-12,16-17,19-20H,1-2,13-15H2,3-10H3/t16-,17+,19?,20?/m1/s1. The Labute approximate surface area is 171 Å². The highest BCUT2D eigenvalue weighted by atomic mass is 16.8. The van der Waals surface area contributed by atoms with Crippen molar-refractivity contribution in [1.29, 1.82) is 0 Å². The van der Waals surface area contributed by atoms with Gasteiger partial charge in [0.2, 0.25) is 5.91 Å². The molecule has 1 aliphatic heterocycles. The van der Waals surface area contributed by atoms with Crippen molar-refractivity contribution in [1.82, 2.24) is 20.0 Å². The minimum atomic E-state index is -0.228. The highest BCUT2D eigenvalue weighted by Gasteiger charge is 2.45. The van der Waals surface area contributed by atoms with Crippen LogP contribution in [-0.2, 0) is 14.3 Å². The van der Waals surface area contributed by atoms with Crippen LogP contribution >= 0.6 is 0 Å². The number of ether oxygens (including phenoxy) is 2. The van der Waals surface area contributed by atoms with E-state index in [4.69, 9.17) is 9.47 Å². The number of epoxide rings is 1. The zero-order chi connectivity index (χ0) is 21.6. The Morgan fingerprint density at radius 2 is 1.82 bits per heavy atom. The van der Waals surface area contributed by atoms with Gasteiger partial charge in [-0.15, -0.1) is 11.7 Å². The number of allylic oxidation sites excluding steroid dienone is 1. The summed E-state index contributed by atoms with van der Waals surface area (Å²) >= 11 is 0. The molecule has 1 rings (SSSR count). The fourth-order valence-corrected chi connectivity index (χ4v) is 3.24. The smallest absolute Gasteiger partial charge is 0.235 e. The van der Waals surface area contributed by atoms with E-state index in [1.165, 1.54) is 0 Å². The topological polar surface area (TPSA) is 51.8 Å². The molecule has 0 aromatic rings. The fraction of sp³-hybridized carbons (Fsp3) is 0.762. The van der Waals surface area contributed by atoms with Gasteiger partial charge in [-0.2, -0.15) is 0 Å². The lowest BCUT2D eigenvalue weighted by molar-refractivity contribution is -0.183. The summed E-state index contributed by atoms with van der Waals surface area (Å²) in [7, 11) is 3.90. The monoisotopic (exact) mass is 396 g/mol. The second-order valence-corrected chi connectivity index (χ2v) is 8.60. The Morgan fingerprint density at radius 1 is 1.21 bits per heavy atom. The van der Waals surface area contributed by atoms with Crippen LogP contribution in [0.25, 0.3) is 0 Å². The molecule has 0 aromatic carbocycles. The predicted molar refractivity (Wildman–Crippen MR) is 113 cm³/mol. The summed E-state index contributed by atoms with van der Waals surface area (Å²) in [5.74, 6) is 0.330. The molecule has 1 saturated heterocycles. The SMILES string of the molecule is C=C[C@@H](C)C[C@H](C)N(C(C)=O)N(C)N(C=C)CCN(C)C1OC1OC(C)(C)C. The molecule has 1 fully saturated rings. The lowest BCUT2D eigenvalue weighted by Gasteiger charge is -2.42. The Hall–Kier alpha value is -1.41. The molecule has 7 nitrogen and oxygen atoms in total. The molecule has 28 heavy (non-hydrogen) atoms. The van der Waals surface area contributed by atoms with E-state index in [2.05, 4.69) is 31.9 Å². The van der Waals surface area contributed by atoms with E-state index >= 15 is 0 Å². The Balaban J connectivity index is 2.63. The van der Waals surface area contributed by atoms with Crippen molar-refractivity contribution in [3.8, 4) is 0 Å². The van der Waals surface area contributed by atoms with Crippen LogP contribution in [0.3, 0.4) is 0 Å². The van der Waals surface area contributed by atoms with Crippen LogP contribution in [0.1, 0.15) is 48.0 Å². The van der Waals surface area contributed by atoms with Gasteiger partial charge < -0.3 is 9.47 Å². The third-order valence-electron chi connectivity index (χ3n) is 4.77. The van der Waals surface area contributed by atoms with E-state index < -0.39 is 0 Å². The van der Waals surface area contributed by atoms with Crippen molar-refractivity contribution < 1.29 is 14.3 Å². The second kappa shape index (κ2) is 10.4. The van der Waals surface area contributed by atoms with Crippen molar-refractivity contribution >= 4 is 5.91 Å². The van der Waals surface area contributed by atoms with Gasteiger partial charge in [0.25, 0.3) is 0 Å². The lowest BCUT2D eigenvalue weighted by Crippen LogP contribution is -2.55. The van der Waals surface area contributed by atoms with Crippen molar-refractivity contribution in [3.05, 3.63) is 25.4 Å². The Kier molecular flexibility index (Phi) is 9.14. The highest BCUT2D eigenvalue weighted by molar-refractivity contribution is 5.72. The number of nitrogens with zero attached hydrogens (tertiary/aromatic N) is 4. The molecular formula is C21H40N4O3. The number of carbonyl (C=O) groups is 1. The molecular weight excluding hydrogens is 356 g/mol. The van der Waals surface area contributed by atoms with E-state index in [1.54, 1.807) is 18.1 Å². The lowest BCUT2D eigenvalue weighted by atomic mass is 10.0. The van der Waals surface area contributed by atoms with Crippen LogP contribution in [0.2, 0.25) is 0 Å². The average molecular weight is 397 g/mol. The van der Waals surface area contributed by atoms with Crippen LogP contribution in [0.4, 0.5) is 0 Å². The second-order valence-electron chi connectivity index (χ2n) is 8.60. The van der Waals surface area contributed by atoms with Gasteiger partial charge >= 0.3 is 0 Å². The molecule has 0 aliphatic carbocycles. The number of likely N-dealkylation sites (N-methyl/N-ethyl adjacent to an activating group) is 1. The molecule has 1 aliphatic rings. The quantitative estimate of drug-likeness (QED) is 0.287. The van der Waals surface area contributed by atoms with E-state index in [0.717, 1.165) is 13.0 Å². The third-order valence-corrected chi connectivity index (χ3v) is 4.77. The maximum absolute atomic E-state index is 12.3. The Morgan fingerprint density at radius 3 is 2.29 bits per heavy atom. The number of amides is 1. The molecule has 7 heteroatoms. The first-order valence-electron chi connectivity index (χ1n) is 9.99. The van der Waals surface area contributed by atoms with Gasteiger partial charge in [-0.05, 0) is 47.1 Å². The average Bonchev–Trinajstić information content (AvgIpc) is 3.31. The summed E-state index contributed by atoms with van der Waals surface area (Å²) in [5, 5.41) is 5.55. The van der Waals surface area contributed by atoms with Gasteiger partial charge in [0.15, 0.2) is 12.5 Å². The minimum absolute atomic E-state index is 0.00404. The van der Waals surface area contributed by atoms with E-state index in [-0.39, 0.29) is 30.1 Å². The summed E-state index contributed by atoms with van der Waals surface area (Å²) in [6.45, 7) is 21.0. The maximum Gasteiger partial charge on any atom is 0.235 e. The van der Waals surface area contributed by atoms with Crippen molar-refractivity contribution in [2.45, 2.75) is 72.1 Å². The molecule has 1 heterocycles. The number of hydrogen-bond acceptors (Lipinski definition) is 6. The molecule has 162 valence electrons. The zero-order valence-electron chi connectivity index (χ0n) is 19.0. The molecule has 0 radical (unpaired) electrons. The van der Waals surface area contributed by atoms with Gasteiger partial charge in [0, 0.05) is 39.3 Å². The summed E-state index contributed by atoms with van der Waals surface area (Å²) in [5.41, 5.74) is -0.228. The third kappa shape index (κ3) is 7.54. The van der Waals surface area contributed by atoms with Gasteiger partial charge in [-0.1, -0.05) is 19.6 Å². The van der Waals surface area contributed by atoms with Crippen LogP contribution in [-0.4, -0.2) is 77.3 Å². The number of carbonyl (C=O) groups excluding carboxylic acids is 1. The fourth-order valence-electron chi connectivity index (χ4n) is 3.24. The summed E-state index contributed by atoms with van der Waals surface area (Å²) in [4.78, 5) is 14.4. The molecule has 0 saturated carbocycles. The van der Waals surface area contributed by atoms with Crippen molar-refractivity contribution in [2.24, 2.45) is 5.92 Å². The summed E-state index contributed by atoms with van der Waals surface area (Å²) in [6, 6.07) is 0.0482. The van der Waals surface area contributed by atoms with Gasteiger partial charge in [-0.3, -0.25) is 19.7 Å². The first kappa shape index (κ1) is 24.6. The van der Waals surface area contributed by atoms with E-state index in [1.807, 2.05) is 51.1 Å². The number of rotatable bonds is 12. The van der Waals surface area contributed by atoms with E-state index in [9.17, 15) is 4.79 Å². The van der Waals surface area contributed by atoms with Gasteiger partial charge in [0.1, 0.15) is 0 Å². The normalized spacial score (nSPS) is 21.4. The first-order valence-corrected chi connectivity index (χ1v) is 9.99. The highest BCUT2D eigenvalue weighted by Crippen LogP contribution is 2.30. The summed E-state index contributed by atoms with van der Waals surface area (Å²) < 4.78 is 11.5. The Bertz CT molecular complexity index is 534. The maximum atomic E-state index is 12.3. The van der Waals surface area contributed by atoms with Crippen LogP contribution in [0, 0.1) is 5.92 Å². The van der Waals surface area contributed by atoms with Gasteiger partial charge in [0.05, 0.1) is 5.60 Å². The molecule has 0 aromatic heterocycles. The summed E-state index contributed by atoms with van der Waals surface area (Å²) in [6.07, 6.45) is 4.28. The van der Waals surface area contributed by atoms with Crippen LogP contribution in [0.15, 0.2) is 25.4 Å². The van der Waals surface area contributed by atoms with E-state index in [0.29, 0.717) is 12.5 Å². The zero-order valence-corrected chi connectivity index (χ0v) is 19.0. The molecule has 1 amide bonds. The first-order chi connectivity index (χ1) is 12.9. The predicted octanol–water partition coefficient (Wildman–Crippen LogP) is 3.07.